The summed E-state index contributed by atoms with van der Waals surface area (Å²) in [4.78, 5) is -1.19. The van der Waals surface area contributed by atoms with Crippen molar-refractivity contribution in [1.29, 1.82) is 0 Å². The quantitative estimate of drug-likeness (QED) is 0.333. The monoisotopic (exact) mass is 407 g/mol. The molecule has 140 valence electrons. The number of benzene rings is 3. The molecule has 0 radical (unpaired) electrons. The Labute approximate surface area is 154 Å². The van der Waals surface area contributed by atoms with Crippen molar-refractivity contribution in [3.05, 3.63) is 60.7 Å². The van der Waals surface area contributed by atoms with Crippen molar-refractivity contribution in [1.82, 2.24) is 0 Å². The molecule has 9 nitrogen and oxygen atoms in total. The molecule has 3 aromatic rings. The van der Waals surface area contributed by atoms with Crippen molar-refractivity contribution in [3.8, 4) is 0 Å². The van der Waals surface area contributed by atoms with E-state index in [9.17, 15) is 21.4 Å². The van der Waals surface area contributed by atoms with Gasteiger partial charge in [-0.2, -0.15) is 16.8 Å². The molecule has 0 bridgehead atoms. The molecule has 0 spiro atoms. The highest BCUT2D eigenvalue weighted by molar-refractivity contribution is 7.86. The lowest BCUT2D eigenvalue weighted by atomic mass is 10.1. The Hall–Kier alpha value is -2.86. The van der Waals surface area contributed by atoms with Gasteiger partial charge in [0.1, 0.15) is 4.90 Å². The second-order valence-electron chi connectivity index (χ2n) is 5.42. The number of rotatable bonds is 5. The average molecular weight is 407 g/mol. The maximum Gasteiger partial charge on any atom is 0.296 e. The Balaban J connectivity index is 2.00. The van der Waals surface area contributed by atoms with Crippen molar-refractivity contribution in [2.45, 2.75) is 9.79 Å². The zero-order valence-corrected chi connectivity index (χ0v) is 15.1. The normalized spacial score (nSPS) is 12.5. The maximum absolute atomic E-state index is 11.5. The van der Waals surface area contributed by atoms with E-state index in [-0.39, 0.29) is 5.69 Å². The van der Waals surface area contributed by atoms with E-state index in [1.54, 1.807) is 12.1 Å². The number of hydrogen-bond donors (Lipinski definition) is 3. The van der Waals surface area contributed by atoms with Crippen LogP contribution in [0.15, 0.2) is 80.8 Å². The van der Waals surface area contributed by atoms with Crippen LogP contribution in [0.1, 0.15) is 0 Å². The minimum Gasteiger partial charge on any atom is -0.282 e. The van der Waals surface area contributed by atoms with E-state index >= 15 is 0 Å². The number of anilines is 1. The molecule has 0 aliphatic heterocycles. The molecular weight excluding hydrogens is 394 g/mol. The molecule has 0 aliphatic rings. The summed E-state index contributed by atoms with van der Waals surface area (Å²) in [5.41, 5.74) is 2.41. The molecule has 3 N–H and O–H groups in total. The third-order valence-electron chi connectivity index (χ3n) is 3.62. The maximum atomic E-state index is 11.5. The molecule has 27 heavy (non-hydrogen) atoms. The van der Waals surface area contributed by atoms with E-state index in [2.05, 4.69) is 15.8 Å². The molecule has 0 fully saturated rings. The topological polar surface area (TPSA) is 145 Å². The summed E-state index contributed by atoms with van der Waals surface area (Å²) in [6.45, 7) is 0. The predicted octanol–water partition coefficient (Wildman–Crippen LogP) is 3.44. The van der Waals surface area contributed by atoms with Crippen LogP contribution in [0.25, 0.3) is 10.8 Å². The molecule has 0 saturated heterocycles. The second-order valence-corrected chi connectivity index (χ2v) is 8.23. The van der Waals surface area contributed by atoms with E-state index in [0.29, 0.717) is 5.69 Å². The van der Waals surface area contributed by atoms with Gasteiger partial charge in [0.05, 0.1) is 16.3 Å². The van der Waals surface area contributed by atoms with Gasteiger partial charge in [0.2, 0.25) is 0 Å². The molecule has 0 atom stereocenters. The highest BCUT2D eigenvalue weighted by Gasteiger charge is 2.19. The minimum atomic E-state index is -4.67. The Morgan fingerprint density at radius 1 is 0.815 bits per heavy atom. The standard InChI is InChI=1S/C16H13N3O6S2/c20-26(21,22)12-8-9-16(27(23,24)25)15(10-12)18-19-17-14-7-3-5-11-4-1-2-6-13(11)14/h1-10H,(H,17,18)(H,20,21,22)(H,23,24,25). The lowest BCUT2D eigenvalue weighted by molar-refractivity contribution is 0.478. The summed E-state index contributed by atoms with van der Waals surface area (Å²) in [5, 5.41) is 9.37. The average Bonchev–Trinajstić information content (AvgIpc) is 2.60. The van der Waals surface area contributed by atoms with Crippen LogP contribution >= 0.6 is 0 Å². The van der Waals surface area contributed by atoms with E-state index in [4.69, 9.17) is 4.55 Å². The van der Waals surface area contributed by atoms with Gasteiger partial charge in [0, 0.05) is 5.39 Å². The van der Waals surface area contributed by atoms with Gasteiger partial charge in [-0.15, -0.1) is 5.11 Å². The summed E-state index contributed by atoms with van der Waals surface area (Å²) in [6, 6.07) is 15.2. The van der Waals surface area contributed by atoms with Crippen molar-refractivity contribution < 1.29 is 25.9 Å². The smallest absolute Gasteiger partial charge is 0.282 e. The van der Waals surface area contributed by atoms with Gasteiger partial charge < -0.3 is 0 Å². The van der Waals surface area contributed by atoms with Gasteiger partial charge in [-0.25, -0.2) is 0 Å². The molecule has 0 aromatic heterocycles. The zero-order chi connectivity index (χ0) is 19.7. The molecule has 3 aromatic carbocycles. The van der Waals surface area contributed by atoms with Crippen LogP contribution in [-0.4, -0.2) is 25.9 Å². The first-order chi connectivity index (χ1) is 12.7. The first-order valence-electron chi connectivity index (χ1n) is 7.40. The highest BCUT2D eigenvalue weighted by atomic mass is 32.2. The fourth-order valence-electron chi connectivity index (χ4n) is 2.41. The summed E-state index contributed by atoms with van der Waals surface area (Å²) in [6.07, 6.45) is 0. The largest absolute Gasteiger partial charge is 0.296 e. The molecular formula is C16H13N3O6S2. The van der Waals surface area contributed by atoms with Gasteiger partial charge in [0.15, 0.2) is 0 Å². The van der Waals surface area contributed by atoms with Crippen LogP contribution in [-0.2, 0) is 20.2 Å². The second kappa shape index (κ2) is 7.04. The Morgan fingerprint density at radius 2 is 1.52 bits per heavy atom. The first kappa shape index (κ1) is 18.9. The molecule has 0 saturated carbocycles. The van der Waals surface area contributed by atoms with Crippen molar-refractivity contribution in [2.75, 3.05) is 5.43 Å². The third-order valence-corrected chi connectivity index (χ3v) is 5.38. The predicted molar refractivity (Wildman–Crippen MR) is 98.2 cm³/mol. The van der Waals surface area contributed by atoms with Gasteiger partial charge in [0.25, 0.3) is 20.2 Å². The molecule has 0 amide bonds. The van der Waals surface area contributed by atoms with Crippen molar-refractivity contribution in [3.63, 3.8) is 0 Å². The number of fused-ring (bicyclic) bond motifs is 1. The van der Waals surface area contributed by atoms with Crippen molar-refractivity contribution in [2.24, 2.45) is 10.3 Å². The van der Waals surface area contributed by atoms with E-state index < -0.39 is 30.0 Å². The van der Waals surface area contributed by atoms with Gasteiger partial charge >= 0.3 is 0 Å². The first-order valence-corrected chi connectivity index (χ1v) is 10.3. The summed E-state index contributed by atoms with van der Waals surface area (Å²) < 4.78 is 63.8. The van der Waals surface area contributed by atoms with Crippen molar-refractivity contribution >= 4 is 42.4 Å². The zero-order valence-electron chi connectivity index (χ0n) is 13.5. The summed E-state index contributed by atoms with van der Waals surface area (Å²) in [5.74, 6) is 0. The van der Waals surface area contributed by atoms with Gasteiger partial charge in [-0.05, 0) is 29.7 Å². The summed E-state index contributed by atoms with van der Waals surface area (Å²) in [7, 11) is -9.25. The Morgan fingerprint density at radius 3 is 2.22 bits per heavy atom. The van der Waals surface area contributed by atoms with E-state index in [0.717, 1.165) is 29.0 Å². The van der Waals surface area contributed by atoms with Crippen LogP contribution in [0.2, 0.25) is 0 Å². The number of nitrogens with one attached hydrogen (secondary N) is 1. The van der Waals surface area contributed by atoms with Crippen LogP contribution < -0.4 is 5.43 Å². The van der Waals surface area contributed by atoms with Crippen LogP contribution in [0.4, 0.5) is 11.4 Å². The van der Waals surface area contributed by atoms with Crippen LogP contribution in [0.5, 0.6) is 0 Å². The molecule has 0 heterocycles. The molecule has 0 unspecified atom stereocenters. The highest BCUT2D eigenvalue weighted by Crippen LogP contribution is 2.28. The number of nitrogens with zero attached hydrogens (tertiary/aromatic N) is 2. The molecule has 0 aliphatic carbocycles. The van der Waals surface area contributed by atoms with Gasteiger partial charge in [-0.1, -0.05) is 41.6 Å². The molecule has 3 rings (SSSR count). The fourth-order valence-corrected chi connectivity index (χ4v) is 3.54. The Bertz CT molecular complexity index is 1250. The lowest BCUT2D eigenvalue weighted by Gasteiger charge is -2.07. The van der Waals surface area contributed by atoms with Crippen LogP contribution in [0.3, 0.4) is 0 Å². The van der Waals surface area contributed by atoms with E-state index in [1.807, 2.05) is 30.3 Å². The molecule has 11 heteroatoms. The SMILES string of the molecule is O=S(=O)(O)c1ccc(S(=O)(=O)O)c(NN=Nc2cccc3ccccc23)c1. The van der Waals surface area contributed by atoms with E-state index in [1.165, 1.54) is 0 Å². The third kappa shape index (κ3) is 4.28. The van der Waals surface area contributed by atoms with Gasteiger partial charge in [-0.3, -0.25) is 14.5 Å². The lowest BCUT2D eigenvalue weighted by Crippen LogP contribution is -2.05. The fraction of sp³-hybridized carbons (Fsp3) is 0. The summed E-state index contributed by atoms with van der Waals surface area (Å²) >= 11 is 0. The Kier molecular flexibility index (Phi) is 4.93. The number of hydrogen-bond acceptors (Lipinski definition) is 6. The van der Waals surface area contributed by atoms with Crippen LogP contribution in [0, 0.1) is 0 Å². The minimum absolute atomic E-state index is 0.364.